The molecule has 2 atom stereocenters. The van der Waals surface area contributed by atoms with Crippen molar-refractivity contribution in [3.05, 3.63) is 42.5 Å². The molecule has 86 valence electrons. The Hall–Kier alpha value is -1.28. The van der Waals surface area contributed by atoms with Crippen LogP contribution in [0, 0.1) is 0 Å². The van der Waals surface area contributed by atoms with E-state index in [4.69, 9.17) is 4.74 Å². The highest BCUT2D eigenvalue weighted by Crippen LogP contribution is 2.32. The molecule has 2 unspecified atom stereocenters. The maximum absolute atomic E-state index is 5.64. The van der Waals surface area contributed by atoms with Crippen molar-refractivity contribution in [2.75, 3.05) is 13.2 Å². The number of hydrogen-bond acceptors (Lipinski definition) is 2. The van der Waals surface area contributed by atoms with Gasteiger partial charge in [0.2, 0.25) is 0 Å². The van der Waals surface area contributed by atoms with E-state index in [-0.39, 0.29) is 0 Å². The van der Waals surface area contributed by atoms with Crippen LogP contribution < -0.4 is 10.1 Å². The molecular weight excluding hydrogens is 198 g/mol. The molecule has 2 rings (SSSR count). The normalized spacial score (nSPS) is 20.7. The summed E-state index contributed by atoms with van der Waals surface area (Å²) in [5, 5.41) is 3.47. The molecule has 1 aromatic rings. The first-order valence-electron chi connectivity index (χ1n) is 5.89. The minimum Gasteiger partial charge on any atom is -0.493 e. The Morgan fingerprint density at radius 3 is 3.19 bits per heavy atom. The molecule has 1 N–H and O–H groups in total. The fraction of sp³-hybridized carbons (Fsp3) is 0.429. The Bertz CT molecular complexity index is 362. The van der Waals surface area contributed by atoms with E-state index in [0.29, 0.717) is 12.0 Å². The van der Waals surface area contributed by atoms with Gasteiger partial charge in [-0.25, -0.2) is 0 Å². The molecule has 1 aromatic carbocycles. The zero-order valence-corrected chi connectivity index (χ0v) is 9.78. The van der Waals surface area contributed by atoms with Crippen molar-refractivity contribution in [1.29, 1.82) is 0 Å². The van der Waals surface area contributed by atoms with E-state index < -0.39 is 0 Å². The van der Waals surface area contributed by atoms with E-state index in [1.807, 2.05) is 12.1 Å². The molecule has 2 nitrogen and oxygen atoms in total. The summed E-state index contributed by atoms with van der Waals surface area (Å²) >= 11 is 0. The van der Waals surface area contributed by atoms with Gasteiger partial charge in [-0.3, -0.25) is 0 Å². The van der Waals surface area contributed by atoms with Crippen LogP contribution in [0.1, 0.15) is 24.8 Å². The minimum atomic E-state index is 0.370. The first-order valence-corrected chi connectivity index (χ1v) is 5.89. The predicted octanol–water partition coefficient (Wildman–Crippen LogP) is 2.72. The number of ether oxygens (including phenoxy) is 1. The highest BCUT2D eigenvalue weighted by molar-refractivity contribution is 5.37. The van der Waals surface area contributed by atoms with Crippen molar-refractivity contribution < 1.29 is 4.74 Å². The summed E-state index contributed by atoms with van der Waals surface area (Å²) in [6.45, 7) is 7.72. The Morgan fingerprint density at radius 2 is 2.38 bits per heavy atom. The van der Waals surface area contributed by atoms with Gasteiger partial charge in [-0.15, -0.1) is 6.58 Å². The van der Waals surface area contributed by atoms with Crippen LogP contribution in [-0.4, -0.2) is 19.2 Å². The summed E-state index contributed by atoms with van der Waals surface area (Å²) in [6, 6.07) is 8.70. The third kappa shape index (κ3) is 2.45. The number of rotatable bonds is 4. The van der Waals surface area contributed by atoms with Crippen LogP contribution in [0.2, 0.25) is 0 Å². The number of benzene rings is 1. The first-order chi connectivity index (χ1) is 7.81. The monoisotopic (exact) mass is 217 g/mol. The maximum atomic E-state index is 5.64. The van der Waals surface area contributed by atoms with Gasteiger partial charge in [0.15, 0.2) is 0 Å². The molecule has 1 heterocycles. The number of para-hydroxylation sites is 1. The second-order valence-corrected chi connectivity index (χ2v) is 4.30. The molecule has 0 radical (unpaired) electrons. The van der Waals surface area contributed by atoms with Crippen LogP contribution in [-0.2, 0) is 0 Å². The standard InChI is InChI=1S/C14H19NO/c1-3-11(2)15-10-12-8-9-16-14-7-5-4-6-13(12)14/h3-7,11-12,15H,1,8-10H2,2H3. The van der Waals surface area contributed by atoms with Crippen LogP contribution in [0.5, 0.6) is 5.75 Å². The van der Waals surface area contributed by atoms with E-state index in [9.17, 15) is 0 Å². The molecule has 0 bridgehead atoms. The highest BCUT2D eigenvalue weighted by atomic mass is 16.5. The van der Waals surface area contributed by atoms with Gasteiger partial charge in [0.05, 0.1) is 6.61 Å². The molecule has 2 heteroatoms. The third-order valence-corrected chi connectivity index (χ3v) is 3.12. The molecule has 0 spiro atoms. The molecule has 16 heavy (non-hydrogen) atoms. The van der Waals surface area contributed by atoms with Gasteiger partial charge in [0.25, 0.3) is 0 Å². The van der Waals surface area contributed by atoms with Crippen molar-refractivity contribution in [3.63, 3.8) is 0 Å². The summed E-state index contributed by atoms with van der Waals surface area (Å²) in [4.78, 5) is 0. The quantitative estimate of drug-likeness (QED) is 0.783. The second kappa shape index (κ2) is 5.17. The molecule has 1 aliphatic rings. The summed E-state index contributed by atoms with van der Waals surface area (Å²) < 4.78 is 5.64. The fourth-order valence-corrected chi connectivity index (χ4v) is 2.04. The van der Waals surface area contributed by atoms with Gasteiger partial charge in [-0.2, -0.15) is 0 Å². The smallest absolute Gasteiger partial charge is 0.122 e. The molecule has 0 saturated heterocycles. The van der Waals surface area contributed by atoms with Crippen LogP contribution in [0.25, 0.3) is 0 Å². The molecule has 0 aromatic heterocycles. The van der Waals surface area contributed by atoms with Crippen molar-refractivity contribution in [1.82, 2.24) is 5.32 Å². The minimum absolute atomic E-state index is 0.370. The van der Waals surface area contributed by atoms with Crippen LogP contribution in [0.4, 0.5) is 0 Å². The van der Waals surface area contributed by atoms with Crippen LogP contribution in [0.15, 0.2) is 36.9 Å². The van der Waals surface area contributed by atoms with Crippen molar-refractivity contribution >= 4 is 0 Å². The number of nitrogens with one attached hydrogen (secondary N) is 1. The average Bonchev–Trinajstić information content (AvgIpc) is 2.35. The summed E-state index contributed by atoms with van der Waals surface area (Å²) in [6.07, 6.45) is 3.03. The lowest BCUT2D eigenvalue weighted by atomic mass is 9.93. The summed E-state index contributed by atoms with van der Waals surface area (Å²) in [5.41, 5.74) is 1.33. The maximum Gasteiger partial charge on any atom is 0.122 e. The molecule has 1 aliphatic heterocycles. The van der Waals surface area contributed by atoms with Crippen molar-refractivity contribution in [3.8, 4) is 5.75 Å². The van der Waals surface area contributed by atoms with E-state index >= 15 is 0 Å². The molecule has 0 aliphatic carbocycles. The van der Waals surface area contributed by atoms with Crippen LogP contribution >= 0.6 is 0 Å². The largest absolute Gasteiger partial charge is 0.493 e. The van der Waals surface area contributed by atoms with Gasteiger partial charge in [0.1, 0.15) is 5.75 Å². The zero-order valence-electron chi connectivity index (χ0n) is 9.78. The predicted molar refractivity (Wildman–Crippen MR) is 67.0 cm³/mol. The van der Waals surface area contributed by atoms with E-state index in [0.717, 1.165) is 25.3 Å². The summed E-state index contributed by atoms with van der Waals surface area (Å²) in [5.74, 6) is 1.61. The molecule has 0 fully saturated rings. The molecular formula is C14H19NO. The third-order valence-electron chi connectivity index (χ3n) is 3.12. The Balaban J connectivity index is 2.04. The Morgan fingerprint density at radius 1 is 1.56 bits per heavy atom. The van der Waals surface area contributed by atoms with Gasteiger partial charge in [0, 0.05) is 18.5 Å². The summed E-state index contributed by atoms with van der Waals surface area (Å²) in [7, 11) is 0. The second-order valence-electron chi connectivity index (χ2n) is 4.30. The molecule has 0 amide bonds. The van der Waals surface area contributed by atoms with E-state index in [1.165, 1.54) is 5.56 Å². The lowest BCUT2D eigenvalue weighted by Gasteiger charge is -2.26. The first kappa shape index (κ1) is 11.2. The zero-order chi connectivity index (χ0) is 11.4. The fourth-order valence-electron chi connectivity index (χ4n) is 2.04. The lowest BCUT2D eigenvalue weighted by molar-refractivity contribution is 0.264. The lowest BCUT2D eigenvalue weighted by Crippen LogP contribution is -2.31. The van der Waals surface area contributed by atoms with Crippen molar-refractivity contribution in [2.45, 2.75) is 25.3 Å². The van der Waals surface area contributed by atoms with Crippen LogP contribution in [0.3, 0.4) is 0 Å². The Labute approximate surface area is 97.3 Å². The highest BCUT2D eigenvalue weighted by Gasteiger charge is 2.20. The van der Waals surface area contributed by atoms with E-state index in [2.05, 4.69) is 37.0 Å². The van der Waals surface area contributed by atoms with Gasteiger partial charge in [-0.1, -0.05) is 24.3 Å². The average molecular weight is 217 g/mol. The van der Waals surface area contributed by atoms with Gasteiger partial charge >= 0.3 is 0 Å². The SMILES string of the molecule is C=CC(C)NCC1CCOc2ccccc21. The van der Waals surface area contributed by atoms with E-state index in [1.54, 1.807) is 0 Å². The van der Waals surface area contributed by atoms with Gasteiger partial charge < -0.3 is 10.1 Å². The van der Waals surface area contributed by atoms with Gasteiger partial charge in [-0.05, 0) is 25.0 Å². The van der Waals surface area contributed by atoms with Crippen molar-refractivity contribution in [2.24, 2.45) is 0 Å². The topological polar surface area (TPSA) is 21.3 Å². The molecule has 0 saturated carbocycles. The Kier molecular flexibility index (Phi) is 3.62. The number of fused-ring (bicyclic) bond motifs is 1. The number of hydrogen-bond donors (Lipinski definition) is 1.